The first kappa shape index (κ1) is 11.8. The molecular weight excluding hydrogens is 214 g/mol. The molecule has 2 aromatic rings. The fraction of sp³-hybridized carbons (Fsp3) is 0.385. The smallest absolute Gasteiger partial charge is 0.208 e. The summed E-state index contributed by atoms with van der Waals surface area (Å²) >= 11 is 0. The summed E-state index contributed by atoms with van der Waals surface area (Å²) in [6.07, 6.45) is 4.46. The van der Waals surface area contributed by atoms with Gasteiger partial charge in [0.05, 0.1) is 18.4 Å². The molecule has 0 saturated carbocycles. The summed E-state index contributed by atoms with van der Waals surface area (Å²) < 4.78 is 5.53. The van der Waals surface area contributed by atoms with Crippen molar-refractivity contribution < 1.29 is 4.42 Å². The van der Waals surface area contributed by atoms with Gasteiger partial charge in [0, 0.05) is 18.7 Å². The van der Waals surface area contributed by atoms with Gasteiger partial charge in [-0.05, 0) is 19.1 Å². The van der Waals surface area contributed by atoms with Crippen molar-refractivity contribution in [3.05, 3.63) is 47.9 Å². The van der Waals surface area contributed by atoms with Gasteiger partial charge in [0.15, 0.2) is 0 Å². The van der Waals surface area contributed by atoms with Crippen molar-refractivity contribution in [3.63, 3.8) is 0 Å². The highest BCUT2D eigenvalue weighted by molar-refractivity contribution is 5.07. The van der Waals surface area contributed by atoms with Gasteiger partial charge in [-0.25, -0.2) is 4.98 Å². The van der Waals surface area contributed by atoms with Crippen molar-refractivity contribution in [2.24, 2.45) is 0 Å². The Morgan fingerprint density at radius 3 is 2.88 bits per heavy atom. The maximum atomic E-state index is 5.53. The molecule has 0 spiro atoms. The van der Waals surface area contributed by atoms with Crippen LogP contribution in [0.4, 0.5) is 0 Å². The van der Waals surface area contributed by atoms with Crippen molar-refractivity contribution in [2.45, 2.75) is 32.9 Å². The maximum Gasteiger partial charge on any atom is 0.208 e. The van der Waals surface area contributed by atoms with E-state index in [-0.39, 0.29) is 6.04 Å². The number of aromatic nitrogens is 2. The molecule has 2 aromatic heterocycles. The molecular formula is C13H17N3O. The molecule has 90 valence electrons. The predicted octanol–water partition coefficient (Wildman–Crippen LogP) is 2.48. The molecule has 4 nitrogen and oxygen atoms in total. The summed E-state index contributed by atoms with van der Waals surface area (Å²) in [7, 11) is 0. The highest BCUT2D eigenvalue weighted by Crippen LogP contribution is 2.10. The third-order valence-corrected chi connectivity index (χ3v) is 2.64. The van der Waals surface area contributed by atoms with E-state index in [2.05, 4.69) is 22.2 Å². The summed E-state index contributed by atoms with van der Waals surface area (Å²) in [4.78, 5) is 8.50. The lowest BCUT2D eigenvalue weighted by molar-refractivity contribution is 0.422. The number of pyridine rings is 1. The summed E-state index contributed by atoms with van der Waals surface area (Å²) in [5.41, 5.74) is 1.02. The molecule has 1 unspecified atom stereocenters. The van der Waals surface area contributed by atoms with E-state index < -0.39 is 0 Å². The minimum atomic E-state index is 0.188. The van der Waals surface area contributed by atoms with Crippen molar-refractivity contribution >= 4 is 0 Å². The molecule has 4 heteroatoms. The second kappa shape index (κ2) is 5.59. The monoisotopic (exact) mass is 231 g/mol. The third kappa shape index (κ3) is 3.14. The van der Waals surface area contributed by atoms with E-state index in [0.29, 0.717) is 6.54 Å². The van der Waals surface area contributed by atoms with Crippen molar-refractivity contribution in [2.75, 3.05) is 0 Å². The van der Waals surface area contributed by atoms with Crippen LogP contribution in [0.2, 0.25) is 0 Å². The lowest BCUT2D eigenvalue weighted by Crippen LogP contribution is -2.19. The fourth-order valence-corrected chi connectivity index (χ4v) is 1.57. The number of nitrogens with zero attached hydrogens (tertiary/aromatic N) is 2. The lowest BCUT2D eigenvalue weighted by atomic mass is 10.2. The number of hydrogen-bond donors (Lipinski definition) is 1. The van der Waals surface area contributed by atoms with Gasteiger partial charge in [-0.3, -0.25) is 4.98 Å². The molecule has 0 aromatic carbocycles. The number of rotatable bonds is 5. The molecule has 0 aliphatic heterocycles. The van der Waals surface area contributed by atoms with Crippen LogP contribution in [0.25, 0.3) is 0 Å². The van der Waals surface area contributed by atoms with Gasteiger partial charge in [0.25, 0.3) is 0 Å². The number of nitrogens with one attached hydrogen (secondary N) is 1. The van der Waals surface area contributed by atoms with Crippen molar-refractivity contribution in [3.8, 4) is 0 Å². The largest absolute Gasteiger partial charge is 0.444 e. The number of oxazole rings is 1. The zero-order valence-corrected chi connectivity index (χ0v) is 10.2. The van der Waals surface area contributed by atoms with Crippen LogP contribution in [0.3, 0.4) is 0 Å². The molecule has 0 aliphatic rings. The number of hydrogen-bond acceptors (Lipinski definition) is 4. The average molecular weight is 231 g/mol. The summed E-state index contributed by atoms with van der Waals surface area (Å²) in [6, 6.07) is 6.09. The molecule has 1 N–H and O–H groups in total. The van der Waals surface area contributed by atoms with Crippen molar-refractivity contribution in [1.82, 2.24) is 15.3 Å². The van der Waals surface area contributed by atoms with Gasteiger partial charge in [0.1, 0.15) is 5.76 Å². The first-order valence-electron chi connectivity index (χ1n) is 5.87. The van der Waals surface area contributed by atoms with E-state index >= 15 is 0 Å². The second-order valence-electron chi connectivity index (χ2n) is 3.93. The summed E-state index contributed by atoms with van der Waals surface area (Å²) in [6.45, 7) is 4.75. The Labute approximate surface area is 101 Å². The standard InChI is InChI=1S/C13H17N3O/c1-3-11-8-16-13(17-11)9-15-10(2)12-6-4-5-7-14-12/h4-8,10,15H,3,9H2,1-2H3. The third-order valence-electron chi connectivity index (χ3n) is 2.64. The Morgan fingerprint density at radius 1 is 1.35 bits per heavy atom. The van der Waals surface area contributed by atoms with Crippen LogP contribution < -0.4 is 5.32 Å². The zero-order chi connectivity index (χ0) is 12.1. The van der Waals surface area contributed by atoms with Gasteiger partial charge < -0.3 is 9.73 Å². The van der Waals surface area contributed by atoms with Gasteiger partial charge in [-0.2, -0.15) is 0 Å². The Hall–Kier alpha value is -1.68. The zero-order valence-electron chi connectivity index (χ0n) is 10.2. The van der Waals surface area contributed by atoms with E-state index in [9.17, 15) is 0 Å². The minimum absolute atomic E-state index is 0.188. The fourth-order valence-electron chi connectivity index (χ4n) is 1.57. The van der Waals surface area contributed by atoms with Crippen LogP contribution in [0.5, 0.6) is 0 Å². The second-order valence-corrected chi connectivity index (χ2v) is 3.93. The highest BCUT2D eigenvalue weighted by Gasteiger charge is 2.07. The van der Waals surface area contributed by atoms with Gasteiger partial charge in [-0.1, -0.05) is 13.0 Å². The average Bonchev–Trinajstić information content (AvgIpc) is 2.85. The Morgan fingerprint density at radius 2 is 2.24 bits per heavy atom. The molecule has 0 amide bonds. The maximum absolute atomic E-state index is 5.53. The van der Waals surface area contributed by atoms with E-state index in [4.69, 9.17) is 4.42 Å². The van der Waals surface area contributed by atoms with Crippen LogP contribution in [0.15, 0.2) is 35.0 Å². The lowest BCUT2D eigenvalue weighted by Gasteiger charge is -2.11. The predicted molar refractivity (Wildman–Crippen MR) is 65.4 cm³/mol. The molecule has 2 heterocycles. The highest BCUT2D eigenvalue weighted by atomic mass is 16.4. The topological polar surface area (TPSA) is 51.0 Å². The molecule has 2 rings (SSSR count). The molecule has 0 fully saturated rings. The number of aryl methyl sites for hydroxylation is 1. The van der Waals surface area contributed by atoms with Gasteiger partial charge in [0.2, 0.25) is 5.89 Å². The van der Waals surface area contributed by atoms with Crippen LogP contribution >= 0.6 is 0 Å². The van der Waals surface area contributed by atoms with E-state index in [1.54, 1.807) is 12.4 Å². The molecule has 17 heavy (non-hydrogen) atoms. The summed E-state index contributed by atoms with van der Waals surface area (Å²) in [5, 5.41) is 3.33. The van der Waals surface area contributed by atoms with E-state index in [1.807, 2.05) is 25.1 Å². The van der Waals surface area contributed by atoms with Crippen LogP contribution in [0, 0.1) is 0 Å². The Bertz CT molecular complexity index is 453. The van der Waals surface area contributed by atoms with Crippen molar-refractivity contribution in [1.29, 1.82) is 0 Å². The summed E-state index contributed by atoms with van der Waals surface area (Å²) in [5.74, 6) is 1.65. The minimum Gasteiger partial charge on any atom is -0.444 e. The van der Waals surface area contributed by atoms with Crippen LogP contribution in [-0.2, 0) is 13.0 Å². The van der Waals surface area contributed by atoms with E-state index in [0.717, 1.165) is 23.8 Å². The molecule has 1 atom stereocenters. The quantitative estimate of drug-likeness (QED) is 0.859. The first-order valence-corrected chi connectivity index (χ1v) is 5.87. The SMILES string of the molecule is CCc1cnc(CNC(C)c2ccccn2)o1. The van der Waals surface area contributed by atoms with E-state index in [1.165, 1.54) is 0 Å². The van der Waals surface area contributed by atoms with Crippen LogP contribution in [-0.4, -0.2) is 9.97 Å². The molecule has 0 aliphatic carbocycles. The molecule has 0 bridgehead atoms. The van der Waals surface area contributed by atoms with Crippen LogP contribution in [0.1, 0.15) is 37.2 Å². The molecule has 0 radical (unpaired) electrons. The molecule has 0 saturated heterocycles. The Balaban J connectivity index is 1.90. The first-order chi connectivity index (χ1) is 8.29. The van der Waals surface area contributed by atoms with Gasteiger partial charge in [-0.15, -0.1) is 0 Å². The van der Waals surface area contributed by atoms with Gasteiger partial charge >= 0.3 is 0 Å². The Kier molecular flexibility index (Phi) is 3.88. The normalized spacial score (nSPS) is 12.6.